The number of morpholine rings is 1. The molecule has 0 aliphatic carbocycles. The molecule has 2 heterocycles. The molecule has 0 N–H and O–H groups in total. The number of hydrogen-bond acceptors (Lipinski definition) is 6. The van der Waals surface area contributed by atoms with Crippen LogP contribution in [0.3, 0.4) is 0 Å². The van der Waals surface area contributed by atoms with Crippen molar-refractivity contribution < 1.29 is 19.1 Å². The number of amides is 1. The second-order valence-corrected chi connectivity index (χ2v) is 5.95. The first-order chi connectivity index (χ1) is 10.1. The summed E-state index contributed by atoms with van der Waals surface area (Å²) in [5, 5.41) is 1.99. The van der Waals surface area contributed by atoms with Gasteiger partial charge in [-0.1, -0.05) is 6.07 Å². The fraction of sp³-hybridized carbons (Fsp3) is 0.571. The molecule has 2 rings (SSSR count). The highest BCUT2D eigenvalue weighted by atomic mass is 32.1. The molecule has 1 aliphatic rings. The molecular formula is C14H20N2O4S. The number of methoxy groups -OCH3 is 1. The highest BCUT2D eigenvalue weighted by Crippen LogP contribution is 2.13. The van der Waals surface area contributed by atoms with Gasteiger partial charge in [-0.05, 0) is 11.4 Å². The molecule has 6 nitrogen and oxygen atoms in total. The van der Waals surface area contributed by atoms with Gasteiger partial charge in [0.2, 0.25) is 5.91 Å². The van der Waals surface area contributed by atoms with E-state index >= 15 is 0 Å². The molecule has 21 heavy (non-hydrogen) atoms. The molecule has 1 unspecified atom stereocenters. The Kier molecular flexibility index (Phi) is 5.72. The number of thiophene rings is 1. The van der Waals surface area contributed by atoms with Crippen molar-refractivity contribution in [1.29, 1.82) is 0 Å². The summed E-state index contributed by atoms with van der Waals surface area (Å²) >= 11 is 1.62. The smallest absolute Gasteiger partial charge is 0.325 e. The zero-order valence-corrected chi connectivity index (χ0v) is 13.1. The molecular weight excluding hydrogens is 292 g/mol. The van der Waals surface area contributed by atoms with Gasteiger partial charge in [0.05, 0.1) is 33.4 Å². The summed E-state index contributed by atoms with van der Waals surface area (Å²) in [6.07, 6.45) is 0. The van der Waals surface area contributed by atoms with Gasteiger partial charge in [-0.2, -0.15) is 0 Å². The third-order valence-corrected chi connectivity index (χ3v) is 4.31. The minimum Gasteiger partial charge on any atom is -0.468 e. The van der Waals surface area contributed by atoms with Gasteiger partial charge in [-0.15, -0.1) is 11.3 Å². The highest BCUT2D eigenvalue weighted by molar-refractivity contribution is 7.09. The molecule has 1 amide bonds. The van der Waals surface area contributed by atoms with Gasteiger partial charge < -0.3 is 14.4 Å². The van der Waals surface area contributed by atoms with Crippen molar-refractivity contribution in [2.45, 2.75) is 12.6 Å². The Bertz CT molecular complexity index is 477. The summed E-state index contributed by atoms with van der Waals surface area (Å²) in [4.78, 5) is 28.6. The van der Waals surface area contributed by atoms with E-state index in [1.54, 1.807) is 23.3 Å². The number of ether oxygens (including phenoxy) is 2. The topological polar surface area (TPSA) is 59.1 Å². The molecule has 0 bridgehead atoms. The lowest BCUT2D eigenvalue weighted by atomic mass is 10.2. The Balaban J connectivity index is 1.91. The van der Waals surface area contributed by atoms with Crippen LogP contribution in [0.5, 0.6) is 0 Å². The molecule has 0 spiro atoms. The SMILES string of the molecule is COC(=O)C1COCCN1CC(=O)N(C)Cc1cccs1. The highest BCUT2D eigenvalue weighted by Gasteiger charge is 2.32. The van der Waals surface area contributed by atoms with Crippen molar-refractivity contribution in [3.05, 3.63) is 22.4 Å². The number of rotatable bonds is 5. The molecule has 1 saturated heterocycles. The summed E-state index contributed by atoms with van der Waals surface area (Å²) in [5.41, 5.74) is 0. The van der Waals surface area contributed by atoms with Crippen LogP contribution in [0.2, 0.25) is 0 Å². The number of hydrogen-bond donors (Lipinski definition) is 0. The fourth-order valence-electron chi connectivity index (χ4n) is 2.20. The molecule has 0 radical (unpaired) electrons. The minimum atomic E-state index is -0.497. The largest absolute Gasteiger partial charge is 0.468 e. The normalized spacial score (nSPS) is 19.2. The Morgan fingerprint density at radius 3 is 3.05 bits per heavy atom. The first-order valence-corrected chi connectivity index (χ1v) is 7.65. The molecule has 116 valence electrons. The molecule has 1 atom stereocenters. The standard InChI is InChI=1S/C14H20N2O4S/c1-15(8-11-4-3-7-21-11)13(17)9-16-5-6-20-10-12(16)14(18)19-2/h3-4,7,12H,5-6,8-10H2,1-2H3. The minimum absolute atomic E-state index is 0.0146. The molecule has 1 fully saturated rings. The molecule has 1 aromatic heterocycles. The third-order valence-electron chi connectivity index (χ3n) is 3.45. The van der Waals surface area contributed by atoms with Crippen molar-refractivity contribution in [3.63, 3.8) is 0 Å². The number of carbonyl (C=O) groups is 2. The molecule has 0 saturated carbocycles. The summed E-state index contributed by atoms with van der Waals surface area (Å²) < 4.78 is 10.1. The van der Waals surface area contributed by atoms with E-state index in [9.17, 15) is 9.59 Å². The zero-order chi connectivity index (χ0) is 15.2. The first kappa shape index (κ1) is 15.9. The number of esters is 1. The second-order valence-electron chi connectivity index (χ2n) is 4.91. The first-order valence-electron chi connectivity index (χ1n) is 6.77. The van der Waals surface area contributed by atoms with E-state index in [-0.39, 0.29) is 25.0 Å². The lowest BCUT2D eigenvalue weighted by Gasteiger charge is -2.33. The van der Waals surface area contributed by atoms with Crippen LogP contribution in [0.1, 0.15) is 4.88 Å². The average Bonchev–Trinajstić information content (AvgIpc) is 2.99. The van der Waals surface area contributed by atoms with Crippen LogP contribution < -0.4 is 0 Å². The van der Waals surface area contributed by atoms with Crippen LogP contribution in [0, 0.1) is 0 Å². The van der Waals surface area contributed by atoms with Crippen LogP contribution in [-0.2, 0) is 25.6 Å². The van der Waals surface area contributed by atoms with E-state index in [4.69, 9.17) is 9.47 Å². The Hall–Kier alpha value is -1.44. The van der Waals surface area contributed by atoms with Crippen molar-refractivity contribution in [1.82, 2.24) is 9.80 Å². The summed E-state index contributed by atoms with van der Waals surface area (Å²) in [7, 11) is 3.12. The zero-order valence-electron chi connectivity index (χ0n) is 12.3. The molecule has 0 aromatic carbocycles. The Morgan fingerprint density at radius 2 is 2.38 bits per heavy atom. The van der Waals surface area contributed by atoms with Crippen LogP contribution in [-0.4, -0.2) is 68.2 Å². The summed E-state index contributed by atoms with van der Waals surface area (Å²) in [6.45, 7) is 2.14. The third kappa shape index (κ3) is 4.26. The average molecular weight is 312 g/mol. The monoisotopic (exact) mass is 312 g/mol. The summed E-state index contributed by atoms with van der Waals surface area (Å²) in [5.74, 6) is -0.373. The number of likely N-dealkylation sites (N-methyl/N-ethyl adjacent to an activating group) is 1. The van der Waals surface area contributed by atoms with Crippen molar-refractivity contribution in [3.8, 4) is 0 Å². The van der Waals surface area contributed by atoms with E-state index in [0.29, 0.717) is 19.7 Å². The molecule has 7 heteroatoms. The number of carbonyl (C=O) groups excluding carboxylic acids is 2. The molecule has 1 aliphatic heterocycles. The maximum atomic E-state index is 12.3. The van der Waals surface area contributed by atoms with Crippen LogP contribution in [0.4, 0.5) is 0 Å². The maximum Gasteiger partial charge on any atom is 0.325 e. The van der Waals surface area contributed by atoms with Gasteiger partial charge in [0, 0.05) is 18.5 Å². The van der Waals surface area contributed by atoms with Crippen molar-refractivity contribution in [2.75, 3.05) is 40.5 Å². The van der Waals surface area contributed by atoms with E-state index in [2.05, 4.69) is 0 Å². The predicted octanol–water partition coefficient (Wildman–Crippen LogP) is 0.580. The number of nitrogens with zero attached hydrogens (tertiary/aromatic N) is 2. The van der Waals surface area contributed by atoms with Crippen molar-refractivity contribution in [2.24, 2.45) is 0 Å². The lowest BCUT2D eigenvalue weighted by Crippen LogP contribution is -2.53. The van der Waals surface area contributed by atoms with Gasteiger partial charge in [0.1, 0.15) is 6.04 Å². The Morgan fingerprint density at radius 1 is 1.57 bits per heavy atom. The second kappa shape index (κ2) is 7.53. The van der Waals surface area contributed by atoms with Gasteiger partial charge in [0.15, 0.2) is 0 Å². The lowest BCUT2D eigenvalue weighted by molar-refractivity contribution is -0.154. The van der Waals surface area contributed by atoms with E-state index in [1.165, 1.54) is 7.11 Å². The van der Waals surface area contributed by atoms with Crippen LogP contribution >= 0.6 is 11.3 Å². The fourth-order valence-corrected chi connectivity index (χ4v) is 2.96. The maximum absolute atomic E-state index is 12.3. The van der Waals surface area contributed by atoms with Crippen LogP contribution in [0.15, 0.2) is 17.5 Å². The Labute approximate surface area is 128 Å². The van der Waals surface area contributed by atoms with Gasteiger partial charge >= 0.3 is 5.97 Å². The van der Waals surface area contributed by atoms with E-state index < -0.39 is 6.04 Å². The summed E-state index contributed by atoms with van der Waals surface area (Å²) in [6, 6.07) is 3.47. The van der Waals surface area contributed by atoms with Gasteiger partial charge in [-0.25, -0.2) is 0 Å². The van der Waals surface area contributed by atoms with Crippen LogP contribution in [0.25, 0.3) is 0 Å². The van der Waals surface area contributed by atoms with Crippen molar-refractivity contribution >= 4 is 23.2 Å². The van der Waals surface area contributed by atoms with Gasteiger partial charge in [-0.3, -0.25) is 14.5 Å². The van der Waals surface area contributed by atoms with E-state index in [1.807, 2.05) is 22.4 Å². The quantitative estimate of drug-likeness (QED) is 0.745. The van der Waals surface area contributed by atoms with Gasteiger partial charge in [0.25, 0.3) is 0 Å². The van der Waals surface area contributed by atoms with E-state index in [0.717, 1.165) is 4.88 Å². The molecule has 1 aromatic rings. The predicted molar refractivity (Wildman–Crippen MR) is 79.0 cm³/mol.